The summed E-state index contributed by atoms with van der Waals surface area (Å²) in [5.41, 5.74) is 8.18. The topological polar surface area (TPSA) is 26.0 Å². The lowest BCUT2D eigenvalue weighted by Crippen LogP contribution is -2.12. The van der Waals surface area contributed by atoms with Gasteiger partial charge in [-0.15, -0.1) is 0 Å². The zero-order valence-electron chi connectivity index (χ0n) is 9.22. The van der Waals surface area contributed by atoms with E-state index in [0.29, 0.717) is 0 Å². The van der Waals surface area contributed by atoms with E-state index in [2.05, 4.69) is 34.3 Å². The van der Waals surface area contributed by atoms with Crippen molar-refractivity contribution in [3.8, 4) is 0 Å². The van der Waals surface area contributed by atoms with E-state index in [1.165, 1.54) is 11.1 Å². The van der Waals surface area contributed by atoms with Crippen LogP contribution in [0.1, 0.15) is 34.1 Å². The van der Waals surface area contributed by atoms with E-state index in [1.54, 1.807) is 6.20 Å². The molecule has 0 amide bonds. The average Bonchev–Trinajstić information content (AvgIpc) is 2.03. The Labute approximate surface area is 82.0 Å². The van der Waals surface area contributed by atoms with Crippen molar-refractivity contribution in [3.05, 3.63) is 36.1 Å². The minimum atomic E-state index is 0.134. The van der Waals surface area contributed by atoms with Gasteiger partial charge in [0, 0.05) is 0 Å². The summed E-state index contributed by atoms with van der Waals surface area (Å²) in [5.74, 6) is 0. The molecule has 0 heterocycles. The Hall–Kier alpha value is -0.980. The quantitative estimate of drug-likeness (QED) is 0.660. The molecule has 0 spiro atoms. The number of rotatable bonds is 3. The van der Waals surface area contributed by atoms with Gasteiger partial charge >= 0.3 is 0 Å². The second kappa shape index (κ2) is 4.90. The highest BCUT2D eigenvalue weighted by Gasteiger charge is 2.18. The largest absolute Gasteiger partial charge is 0.404 e. The summed E-state index contributed by atoms with van der Waals surface area (Å²) in [6.45, 7) is 12.4. The molecule has 0 aromatic carbocycles. The lowest BCUT2D eigenvalue weighted by atomic mass is 9.81. The summed E-state index contributed by atoms with van der Waals surface area (Å²) in [6, 6.07) is 0. The van der Waals surface area contributed by atoms with Gasteiger partial charge in [0.25, 0.3) is 0 Å². The molecule has 2 N–H and O–H groups in total. The second-order valence-electron chi connectivity index (χ2n) is 4.11. The molecule has 1 heteroatoms. The van der Waals surface area contributed by atoms with Crippen LogP contribution in [0.15, 0.2) is 36.1 Å². The Bertz CT molecular complexity index is 226. The van der Waals surface area contributed by atoms with Gasteiger partial charge in [0.15, 0.2) is 0 Å². The molecule has 0 radical (unpaired) electrons. The zero-order chi connectivity index (χ0) is 10.5. The fourth-order valence-corrected chi connectivity index (χ4v) is 1.35. The van der Waals surface area contributed by atoms with Gasteiger partial charge in [0.05, 0.1) is 0 Å². The van der Waals surface area contributed by atoms with Crippen molar-refractivity contribution in [2.45, 2.75) is 34.1 Å². The van der Waals surface area contributed by atoms with Crippen molar-refractivity contribution < 1.29 is 0 Å². The molecule has 0 unspecified atom stereocenters. The van der Waals surface area contributed by atoms with Gasteiger partial charge in [-0.2, -0.15) is 0 Å². The van der Waals surface area contributed by atoms with Crippen LogP contribution in [-0.2, 0) is 0 Å². The summed E-state index contributed by atoms with van der Waals surface area (Å²) in [4.78, 5) is 0. The van der Waals surface area contributed by atoms with Gasteiger partial charge in [-0.1, -0.05) is 46.4 Å². The molecule has 0 fully saturated rings. The smallest absolute Gasteiger partial charge is 0.00268 e. The van der Waals surface area contributed by atoms with E-state index >= 15 is 0 Å². The highest BCUT2D eigenvalue weighted by atomic mass is 14.5. The predicted octanol–water partition coefficient (Wildman–Crippen LogP) is 3.40. The molecule has 0 rings (SSSR count). The molecule has 0 aliphatic heterocycles. The maximum absolute atomic E-state index is 5.57. The van der Waals surface area contributed by atoms with Crippen LogP contribution in [0.4, 0.5) is 0 Å². The van der Waals surface area contributed by atoms with E-state index in [-0.39, 0.29) is 5.41 Å². The molecule has 1 nitrogen and oxygen atoms in total. The van der Waals surface area contributed by atoms with Crippen molar-refractivity contribution in [2.75, 3.05) is 0 Å². The Balaban J connectivity index is 5.05. The van der Waals surface area contributed by atoms with Gasteiger partial charge < -0.3 is 5.73 Å². The second-order valence-corrected chi connectivity index (χ2v) is 4.11. The van der Waals surface area contributed by atoms with Gasteiger partial charge in [-0.25, -0.2) is 0 Å². The normalized spacial score (nSPS) is 14.5. The lowest BCUT2D eigenvalue weighted by Gasteiger charge is -2.24. The van der Waals surface area contributed by atoms with Gasteiger partial charge in [0.2, 0.25) is 0 Å². The third-order valence-corrected chi connectivity index (χ3v) is 2.02. The van der Waals surface area contributed by atoms with E-state index in [4.69, 9.17) is 5.73 Å². The molecular formula is C12H21N. The van der Waals surface area contributed by atoms with Gasteiger partial charge in [0.1, 0.15) is 0 Å². The van der Waals surface area contributed by atoms with Crippen molar-refractivity contribution in [2.24, 2.45) is 11.1 Å². The lowest BCUT2D eigenvalue weighted by molar-refractivity contribution is 0.507. The van der Waals surface area contributed by atoms with E-state index in [0.717, 1.165) is 6.42 Å². The number of hydrogen-bond donors (Lipinski definition) is 1. The molecule has 0 bridgehead atoms. The van der Waals surface area contributed by atoms with E-state index in [9.17, 15) is 0 Å². The van der Waals surface area contributed by atoms with Crippen LogP contribution in [-0.4, -0.2) is 0 Å². The van der Waals surface area contributed by atoms with Crippen LogP contribution in [0.25, 0.3) is 0 Å². The Kier molecular flexibility index (Phi) is 4.53. The number of allylic oxidation sites excluding steroid dienone is 4. The maximum atomic E-state index is 5.57. The molecule has 0 aliphatic carbocycles. The van der Waals surface area contributed by atoms with Crippen molar-refractivity contribution in [1.82, 2.24) is 0 Å². The summed E-state index contributed by atoms with van der Waals surface area (Å²) in [6.07, 6.45) is 6.52. The fraction of sp³-hybridized carbons (Fsp3) is 0.500. The van der Waals surface area contributed by atoms with Gasteiger partial charge in [-0.05, 0) is 29.2 Å². The average molecular weight is 179 g/mol. The van der Waals surface area contributed by atoms with Crippen LogP contribution >= 0.6 is 0 Å². The van der Waals surface area contributed by atoms with Crippen molar-refractivity contribution in [3.63, 3.8) is 0 Å². The summed E-state index contributed by atoms with van der Waals surface area (Å²) in [5, 5.41) is 0. The minimum Gasteiger partial charge on any atom is -0.404 e. The summed E-state index contributed by atoms with van der Waals surface area (Å²) >= 11 is 0. The highest BCUT2D eigenvalue weighted by Crippen LogP contribution is 2.32. The first-order valence-corrected chi connectivity index (χ1v) is 4.71. The fourth-order valence-electron chi connectivity index (χ4n) is 1.35. The third kappa shape index (κ3) is 3.49. The zero-order valence-corrected chi connectivity index (χ0v) is 9.22. The SMILES string of the molecule is C=C/C=C(\C(=C/N)CC)C(C)(C)C. The monoisotopic (exact) mass is 179 g/mol. The Morgan fingerprint density at radius 3 is 2.15 bits per heavy atom. The first kappa shape index (κ1) is 12.0. The number of hydrogen-bond acceptors (Lipinski definition) is 1. The minimum absolute atomic E-state index is 0.134. The van der Waals surface area contributed by atoms with Crippen LogP contribution in [0.5, 0.6) is 0 Å². The Morgan fingerprint density at radius 1 is 1.38 bits per heavy atom. The van der Waals surface area contributed by atoms with Gasteiger partial charge in [-0.3, -0.25) is 0 Å². The molecule has 13 heavy (non-hydrogen) atoms. The molecule has 0 aromatic rings. The standard InChI is InChI=1S/C12H21N/c1-6-8-11(12(3,4)5)10(7-2)9-13/h6,8-9H,1,7,13H2,2-5H3/b10-9-,11-8+. The molecular weight excluding hydrogens is 158 g/mol. The first-order valence-electron chi connectivity index (χ1n) is 4.71. The van der Waals surface area contributed by atoms with Crippen molar-refractivity contribution >= 4 is 0 Å². The van der Waals surface area contributed by atoms with Crippen LogP contribution in [0.3, 0.4) is 0 Å². The first-order chi connectivity index (χ1) is 5.97. The predicted molar refractivity (Wildman–Crippen MR) is 60.3 cm³/mol. The van der Waals surface area contributed by atoms with Crippen molar-refractivity contribution in [1.29, 1.82) is 0 Å². The molecule has 74 valence electrons. The maximum Gasteiger partial charge on any atom is -0.00268 e. The molecule has 0 aliphatic rings. The Morgan fingerprint density at radius 2 is 1.92 bits per heavy atom. The molecule has 0 aromatic heterocycles. The summed E-state index contributed by atoms with van der Waals surface area (Å²) in [7, 11) is 0. The highest BCUT2D eigenvalue weighted by molar-refractivity contribution is 5.36. The van der Waals surface area contributed by atoms with E-state index in [1.807, 2.05) is 12.2 Å². The summed E-state index contributed by atoms with van der Waals surface area (Å²) < 4.78 is 0. The number of nitrogens with two attached hydrogens (primary N) is 1. The van der Waals surface area contributed by atoms with Crippen LogP contribution in [0, 0.1) is 5.41 Å². The van der Waals surface area contributed by atoms with E-state index < -0.39 is 0 Å². The van der Waals surface area contributed by atoms with Crippen LogP contribution < -0.4 is 5.73 Å². The molecule has 0 saturated carbocycles. The molecule has 0 atom stereocenters. The molecule has 0 saturated heterocycles. The third-order valence-electron chi connectivity index (χ3n) is 2.02. The van der Waals surface area contributed by atoms with Crippen LogP contribution in [0.2, 0.25) is 0 Å².